The summed E-state index contributed by atoms with van der Waals surface area (Å²) in [4.78, 5) is 0. The molecule has 2 aromatic rings. The third-order valence-corrected chi connectivity index (χ3v) is 3.44. The van der Waals surface area contributed by atoms with E-state index in [2.05, 4.69) is 0 Å². The number of rotatable bonds is 3. The Balaban J connectivity index is 1.76. The Hall–Kier alpha value is -1.87. The summed E-state index contributed by atoms with van der Waals surface area (Å²) in [6, 6.07) is 12.0. The minimum atomic E-state index is -0.573. The Morgan fingerprint density at radius 2 is 1.95 bits per heavy atom. The zero-order valence-electron chi connectivity index (χ0n) is 10.5. The number of benzene rings is 2. The molecule has 0 fully saturated rings. The molecule has 1 aliphatic heterocycles. The van der Waals surface area contributed by atoms with Crippen LogP contribution in [0.25, 0.3) is 0 Å². The van der Waals surface area contributed by atoms with Crippen molar-refractivity contribution < 1.29 is 14.2 Å². The van der Waals surface area contributed by atoms with Crippen LogP contribution in [0, 0.1) is 5.82 Å². The molecule has 0 spiro atoms. The molecule has 2 aromatic carbocycles. The average Bonchev–Trinajstić information content (AvgIpc) is 2.88. The fraction of sp³-hybridized carbons (Fsp3) is 0.250. The van der Waals surface area contributed by atoms with Gasteiger partial charge in [-0.25, -0.2) is 4.39 Å². The predicted molar refractivity (Wildman–Crippen MR) is 70.7 cm³/mol. The van der Waals surface area contributed by atoms with Crippen LogP contribution in [0.1, 0.15) is 22.8 Å². The maximum Gasteiger partial charge on any atom is 0.123 e. The van der Waals surface area contributed by atoms with Crippen molar-refractivity contribution in [2.45, 2.75) is 18.9 Å². The van der Waals surface area contributed by atoms with E-state index in [4.69, 9.17) is 4.74 Å². The van der Waals surface area contributed by atoms with Crippen molar-refractivity contribution in [2.75, 3.05) is 6.61 Å². The Bertz CT molecular complexity index is 578. The fourth-order valence-corrected chi connectivity index (χ4v) is 2.38. The second kappa shape index (κ2) is 5.02. The summed E-state index contributed by atoms with van der Waals surface area (Å²) in [6.07, 6.45) is 0.809. The molecule has 98 valence electrons. The molecule has 1 unspecified atom stereocenters. The van der Waals surface area contributed by atoms with Crippen LogP contribution in [0.4, 0.5) is 4.39 Å². The van der Waals surface area contributed by atoms with Gasteiger partial charge in [-0.3, -0.25) is 0 Å². The number of hydrogen-bond donors (Lipinski definition) is 1. The fourth-order valence-electron chi connectivity index (χ4n) is 2.38. The van der Waals surface area contributed by atoms with Crippen LogP contribution >= 0.6 is 0 Å². The number of ether oxygens (including phenoxy) is 1. The van der Waals surface area contributed by atoms with E-state index in [1.807, 2.05) is 18.2 Å². The van der Waals surface area contributed by atoms with Crippen molar-refractivity contribution in [3.63, 3.8) is 0 Å². The molecule has 0 amide bonds. The Morgan fingerprint density at radius 1 is 1.16 bits per heavy atom. The molecule has 1 aliphatic rings. The predicted octanol–water partition coefficient (Wildman–Crippen LogP) is 3.04. The highest BCUT2D eigenvalue weighted by molar-refractivity contribution is 5.40. The first kappa shape index (κ1) is 12.2. The highest BCUT2D eigenvalue weighted by Crippen LogP contribution is 2.29. The first-order chi connectivity index (χ1) is 9.22. The largest absolute Gasteiger partial charge is 0.493 e. The second-order valence-corrected chi connectivity index (χ2v) is 4.81. The van der Waals surface area contributed by atoms with Gasteiger partial charge in [-0.05, 0) is 41.0 Å². The molecule has 0 saturated carbocycles. The van der Waals surface area contributed by atoms with Crippen molar-refractivity contribution in [1.29, 1.82) is 0 Å². The third kappa shape index (κ3) is 2.61. The van der Waals surface area contributed by atoms with Gasteiger partial charge in [0.05, 0.1) is 12.7 Å². The minimum absolute atomic E-state index is 0.257. The topological polar surface area (TPSA) is 29.5 Å². The molecule has 0 aromatic heterocycles. The van der Waals surface area contributed by atoms with Gasteiger partial charge in [0, 0.05) is 12.8 Å². The molecule has 3 heteroatoms. The van der Waals surface area contributed by atoms with E-state index in [9.17, 15) is 9.50 Å². The summed E-state index contributed by atoms with van der Waals surface area (Å²) in [7, 11) is 0. The molecule has 1 atom stereocenters. The van der Waals surface area contributed by atoms with Gasteiger partial charge in [-0.1, -0.05) is 18.2 Å². The number of halogens is 1. The van der Waals surface area contributed by atoms with Crippen LogP contribution in [0.15, 0.2) is 42.5 Å². The van der Waals surface area contributed by atoms with Crippen molar-refractivity contribution >= 4 is 0 Å². The lowest BCUT2D eigenvalue weighted by Crippen LogP contribution is -2.02. The maximum absolute atomic E-state index is 12.8. The second-order valence-electron chi connectivity index (χ2n) is 4.81. The van der Waals surface area contributed by atoms with Crippen LogP contribution in [-0.4, -0.2) is 11.7 Å². The van der Waals surface area contributed by atoms with Gasteiger partial charge in [0.2, 0.25) is 0 Å². The van der Waals surface area contributed by atoms with Crippen LogP contribution in [0.2, 0.25) is 0 Å². The first-order valence-electron chi connectivity index (χ1n) is 6.40. The van der Waals surface area contributed by atoms with E-state index in [-0.39, 0.29) is 5.82 Å². The number of aliphatic hydroxyl groups excluding tert-OH is 1. The van der Waals surface area contributed by atoms with Crippen LogP contribution in [0.3, 0.4) is 0 Å². The molecule has 3 rings (SSSR count). The average molecular weight is 258 g/mol. The molecule has 0 radical (unpaired) electrons. The van der Waals surface area contributed by atoms with Gasteiger partial charge in [-0.15, -0.1) is 0 Å². The first-order valence-corrected chi connectivity index (χ1v) is 6.40. The summed E-state index contributed by atoms with van der Waals surface area (Å²) in [5.74, 6) is 0.658. The van der Waals surface area contributed by atoms with E-state index in [0.29, 0.717) is 13.0 Å². The lowest BCUT2D eigenvalue weighted by molar-refractivity contribution is 0.178. The van der Waals surface area contributed by atoms with E-state index in [1.165, 1.54) is 12.1 Å². The normalized spacial score (nSPS) is 14.8. The highest BCUT2D eigenvalue weighted by atomic mass is 19.1. The summed E-state index contributed by atoms with van der Waals surface area (Å²) in [5.41, 5.74) is 2.95. The van der Waals surface area contributed by atoms with Crippen molar-refractivity contribution in [3.05, 3.63) is 65.0 Å². The van der Waals surface area contributed by atoms with Gasteiger partial charge in [0.25, 0.3) is 0 Å². The quantitative estimate of drug-likeness (QED) is 0.917. The van der Waals surface area contributed by atoms with E-state index < -0.39 is 6.10 Å². The third-order valence-electron chi connectivity index (χ3n) is 3.44. The zero-order chi connectivity index (χ0) is 13.2. The summed E-state index contributed by atoms with van der Waals surface area (Å²) in [6.45, 7) is 0.715. The van der Waals surface area contributed by atoms with Crippen molar-refractivity contribution in [3.8, 4) is 5.75 Å². The molecular weight excluding hydrogens is 243 g/mol. The number of hydrogen-bond acceptors (Lipinski definition) is 2. The summed E-state index contributed by atoms with van der Waals surface area (Å²) >= 11 is 0. The van der Waals surface area contributed by atoms with Gasteiger partial charge in [-0.2, -0.15) is 0 Å². The number of aliphatic hydroxyl groups is 1. The van der Waals surface area contributed by atoms with Crippen LogP contribution in [-0.2, 0) is 12.8 Å². The highest BCUT2D eigenvalue weighted by Gasteiger charge is 2.15. The smallest absolute Gasteiger partial charge is 0.123 e. The Labute approximate surface area is 111 Å². The molecule has 19 heavy (non-hydrogen) atoms. The molecule has 1 N–H and O–H groups in total. The molecular formula is C16H15FO2. The summed E-state index contributed by atoms with van der Waals surface area (Å²) < 4.78 is 18.3. The van der Waals surface area contributed by atoms with Crippen molar-refractivity contribution in [2.24, 2.45) is 0 Å². The van der Waals surface area contributed by atoms with Gasteiger partial charge in [0.15, 0.2) is 0 Å². The Kier molecular flexibility index (Phi) is 3.22. The van der Waals surface area contributed by atoms with E-state index >= 15 is 0 Å². The molecule has 0 aliphatic carbocycles. The zero-order valence-corrected chi connectivity index (χ0v) is 10.5. The molecule has 0 bridgehead atoms. The van der Waals surface area contributed by atoms with Gasteiger partial charge < -0.3 is 9.84 Å². The molecule has 1 heterocycles. The van der Waals surface area contributed by atoms with Crippen LogP contribution in [0.5, 0.6) is 5.75 Å². The minimum Gasteiger partial charge on any atom is -0.493 e. The standard InChI is InChI=1S/C16H15FO2/c17-14-4-1-11(2-5-14)9-15(18)12-3-6-16-13(10-12)7-8-19-16/h1-6,10,15,18H,7-9H2. The lowest BCUT2D eigenvalue weighted by atomic mass is 9.99. The van der Waals surface area contributed by atoms with Crippen molar-refractivity contribution in [1.82, 2.24) is 0 Å². The monoisotopic (exact) mass is 258 g/mol. The van der Waals surface area contributed by atoms with Crippen LogP contribution < -0.4 is 4.74 Å². The maximum atomic E-state index is 12.8. The Morgan fingerprint density at radius 3 is 2.74 bits per heavy atom. The van der Waals surface area contributed by atoms with E-state index in [0.717, 1.165) is 28.9 Å². The van der Waals surface area contributed by atoms with Gasteiger partial charge >= 0.3 is 0 Å². The number of fused-ring (bicyclic) bond motifs is 1. The summed E-state index contributed by atoms with van der Waals surface area (Å²) in [5, 5.41) is 10.2. The lowest BCUT2D eigenvalue weighted by Gasteiger charge is -2.12. The SMILES string of the molecule is OC(Cc1ccc(F)cc1)c1ccc2c(c1)CCO2. The van der Waals surface area contributed by atoms with Gasteiger partial charge in [0.1, 0.15) is 11.6 Å². The van der Waals surface area contributed by atoms with E-state index in [1.54, 1.807) is 12.1 Å². The molecule has 0 saturated heterocycles. The molecule has 2 nitrogen and oxygen atoms in total.